The van der Waals surface area contributed by atoms with Gasteiger partial charge in [-0.15, -0.1) is 0 Å². The van der Waals surface area contributed by atoms with E-state index in [0.29, 0.717) is 34.7 Å². The number of hydrogen-bond acceptors (Lipinski definition) is 5. The summed E-state index contributed by atoms with van der Waals surface area (Å²) in [6.07, 6.45) is 4.55. The largest absolute Gasteiger partial charge is 0.391 e. The Balaban J connectivity index is 1.58. The molecule has 1 aliphatic rings. The van der Waals surface area contributed by atoms with Crippen molar-refractivity contribution in [1.82, 2.24) is 20.2 Å². The van der Waals surface area contributed by atoms with Gasteiger partial charge in [0, 0.05) is 18.5 Å². The number of H-pyrrole nitrogens is 1. The van der Waals surface area contributed by atoms with Crippen LogP contribution in [0.1, 0.15) is 12.8 Å². The molecular weight excluding hydrogens is 388 g/mol. The second-order valence-corrected chi connectivity index (χ2v) is 7.43. The van der Waals surface area contributed by atoms with E-state index in [9.17, 15) is 13.9 Å². The molecule has 0 unspecified atom stereocenters. The van der Waals surface area contributed by atoms with Crippen molar-refractivity contribution in [3.8, 4) is 22.5 Å². The normalized spacial score (nSPS) is 16.9. The van der Waals surface area contributed by atoms with Gasteiger partial charge in [-0.25, -0.2) is 13.8 Å². The van der Waals surface area contributed by atoms with Crippen molar-refractivity contribution < 1.29 is 13.9 Å². The van der Waals surface area contributed by atoms with Crippen LogP contribution in [0.2, 0.25) is 0 Å². The van der Waals surface area contributed by atoms with E-state index in [-0.39, 0.29) is 11.7 Å². The molecule has 0 aliphatic carbocycles. The van der Waals surface area contributed by atoms with Crippen molar-refractivity contribution in [2.45, 2.75) is 18.9 Å². The maximum absolute atomic E-state index is 14.3. The lowest BCUT2D eigenvalue weighted by atomic mass is 10.0. The van der Waals surface area contributed by atoms with E-state index in [1.807, 2.05) is 4.90 Å². The van der Waals surface area contributed by atoms with Crippen LogP contribution in [-0.2, 0) is 0 Å². The molecule has 0 spiro atoms. The SMILES string of the molecule is O[C@H]1CCCN(c2cncc(-c3n[nH]c4ccc(-c5c(F)cccc5F)cc34)n2)C1. The van der Waals surface area contributed by atoms with Crippen LogP contribution < -0.4 is 4.90 Å². The molecule has 0 saturated carbocycles. The number of nitrogens with zero attached hydrogens (tertiary/aromatic N) is 4. The zero-order valence-electron chi connectivity index (χ0n) is 16.0. The molecule has 5 rings (SSSR count). The summed E-state index contributed by atoms with van der Waals surface area (Å²) < 4.78 is 28.5. The highest BCUT2D eigenvalue weighted by molar-refractivity contribution is 5.95. The highest BCUT2D eigenvalue weighted by Crippen LogP contribution is 2.32. The maximum Gasteiger partial charge on any atom is 0.147 e. The van der Waals surface area contributed by atoms with Crippen molar-refractivity contribution in [2.24, 2.45) is 0 Å². The van der Waals surface area contributed by atoms with Gasteiger partial charge < -0.3 is 10.0 Å². The lowest BCUT2D eigenvalue weighted by Crippen LogP contribution is -2.38. The Hall–Kier alpha value is -3.39. The van der Waals surface area contributed by atoms with Gasteiger partial charge in [-0.05, 0) is 42.7 Å². The fourth-order valence-corrected chi connectivity index (χ4v) is 3.92. The van der Waals surface area contributed by atoms with Crippen LogP contribution in [0, 0.1) is 11.6 Å². The van der Waals surface area contributed by atoms with Gasteiger partial charge in [0.15, 0.2) is 0 Å². The minimum absolute atomic E-state index is 0.0753. The highest BCUT2D eigenvalue weighted by atomic mass is 19.1. The second-order valence-electron chi connectivity index (χ2n) is 7.43. The highest BCUT2D eigenvalue weighted by Gasteiger charge is 2.21. The number of β-amino-alcohol motifs (C(OH)–C–C–N with tert-alkyl or cyclic N) is 1. The van der Waals surface area contributed by atoms with Crippen molar-refractivity contribution in [3.63, 3.8) is 0 Å². The predicted molar refractivity (Wildman–Crippen MR) is 110 cm³/mol. The van der Waals surface area contributed by atoms with E-state index in [0.717, 1.165) is 24.9 Å². The van der Waals surface area contributed by atoms with Crippen molar-refractivity contribution >= 4 is 16.7 Å². The van der Waals surface area contributed by atoms with E-state index in [4.69, 9.17) is 0 Å². The molecule has 2 aromatic carbocycles. The number of benzene rings is 2. The zero-order valence-corrected chi connectivity index (χ0v) is 16.0. The van der Waals surface area contributed by atoms with Gasteiger partial charge in [0.05, 0.1) is 29.6 Å². The van der Waals surface area contributed by atoms with Gasteiger partial charge in [0.1, 0.15) is 28.8 Å². The van der Waals surface area contributed by atoms with Crippen molar-refractivity contribution in [1.29, 1.82) is 0 Å². The van der Waals surface area contributed by atoms with E-state index < -0.39 is 11.6 Å². The molecule has 1 fully saturated rings. The molecule has 0 bridgehead atoms. The van der Waals surface area contributed by atoms with Crippen LogP contribution in [0.25, 0.3) is 33.4 Å². The molecule has 1 atom stereocenters. The topological polar surface area (TPSA) is 77.9 Å². The standard InChI is InChI=1S/C22H19F2N5O/c23-16-4-1-5-17(24)21(16)13-6-7-18-15(9-13)22(28-27-18)19-10-25-11-20(26-19)29-8-2-3-14(30)12-29/h1,4-7,9-11,14,30H,2-3,8,12H2,(H,27,28)/t14-/m0/s1. The number of aromatic amines is 1. The Labute approximate surface area is 171 Å². The number of aliphatic hydroxyl groups is 1. The van der Waals surface area contributed by atoms with Crippen LogP contribution in [0.3, 0.4) is 0 Å². The van der Waals surface area contributed by atoms with E-state index >= 15 is 0 Å². The first-order valence-electron chi connectivity index (χ1n) is 9.78. The molecule has 30 heavy (non-hydrogen) atoms. The Kier molecular flexibility index (Phi) is 4.63. The van der Waals surface area contributed by atoms with Gasteiger partial charge in [-0.2, -0.15) is 5.10 Å². The maximum atomic E-state index is 14.3. The third kappa shape index (κ3) is 3.29. The number of aliphatic hydroxyl groups excluding tert-OH is 1. The Morgan fingerprint density at radius 3 is 2.73 bits per heavy atom. The smallest absolute Gasteiger partial charge is 0.147 e. The molecule has 2 N–H and O–H groups in total. The molecule has 0 radical (unpaired) electrons. The number of nitrogens with one attached hydrogen (secondary N) is 1. The van der Waals surface area contributed by atoms with Crippen LogP contribution in [0.5, 0.6) is 0 Å². The summed E-state index contributed by atoms with van der Waals surface area (Å²) in [6, 6.07) is 8.92. The zero-order chi connectivity index (χ0) is 20.7. The number of anilines is 1. The van der Waals surface area contributed by atoms with Gasteiger partial charge in [0.25, 0.3) is 0 Å². The van der Waals surface area contributed by atoms with Crippen LogP contribution >= 0.6 is 0 Å². The first kappa shape index (κ1) is 18.6. The Morgan fingerprint density at radius 2 is 1.93 bits per heavy atom. The van der Waals surface area contributed by atoms with Crippen molar-refractivity contribution in [3.05, 3.63) is 60.4 Å². The summed E-state index contributed by atoms with van der Waals surface area (Å²) in [5.74, 6) is -0.576. The minimum Gasteiger partial charge on any atom is -0.391 e. The number of aromatic nitrogens is 4. The second kappa shape index (κ2) is 7.46. The number of rotatable bonds is 3. The molecule has 1 saturated heterocycles. The summed E-state index contributed by atoms with van der Waals surface area (Å²) in [5.41, 5.74) is 2.17. The van der Waals surface area contributed by atoms with Gasteiger partial charge in [-0.1, -0.05) is 12.1 Å². The molecule has 152 valence electrons. The third-order valence-corrected chi connectivity index (χ3v) is 5.40. The number of hydrogen-bond donors (Lipinski definition) is 2. The van der Waals surface area contributed by atoms with Crippen LogP contribution in [0.15, 0.2) is 48.8 Å². The Bertz CT molecular complexity index is 1210. The molecule has 3 heterocycles. The first-order chi connectivity index (χ1) is 14.6. The molecule has 2 aromatic heterocycles. The van der Waals surface area contributed by atoms with Crippen molar-refractivity contribution in [2.75, 3.05) is 18.0 Å². The molecule has 0 amide bonds. The summed E-state index contributed by atoms with van der Waals surface area (Å²) in [6.45, 7) is 1.31. The summed E-state index contributed by atoms with van der Waals surface area (Å²) in [4.78, 5) is 11.0. The minimum atomic E-state index is -0.621. The van der Waals surface area contributed by atoms with Gasteiger partial charge in [0.2, 0.25) is 0 Å². The van der Waals surface area contributed by atoms with Crippen LogP contribution in [0.4, 0.5) is 14.6 Å². The van der Waals surface area contributed by atoms with Gasteiger partial charge >= 0.3 is 0 Å². The predicted octanol–water partition coefficient (Wildman–Crippen LogP) is 3.93. The fraction of sp³-hybridized carbons (Fsp3) is 0.227. The lowest BCUT2D eigenvalue weighted by molar-refractivity contribution is 0.154. The third-order valence-electron chi connectivity index (χ3n) is 5.40. The van der Waals surface area contributed by atoms with Gasteiger partial charge in [-0.3, -0.25) is 10.1 Å². The summed E-state index contributed by atoms with van der Waals surface area (Å²) >= 11 is 0. The van der Waals surface area contributed by atoms with E-state index in [2.05, 4.69) is 20.2 Å². The average Bonchev–Trinajstić information content (AvgIpc) is 3.17. The molecule has 6 nitrogen and oxygen atoms in total. The summed E-state index contributed by atoms with van der Waals surface area (Å²) in [7, 11) is 0. The number of halogens is 2. The molecule has 1 aliphatic heterocycles. The Morgan fingerprint density at radius 1 is 1.10 bits per heavy atom. The van der Waals surface area contributed by atoms with Crippen LogP contribution in [-0.4, -0.2) is 44.5 Å². The quantitative estimate of drug-likeness (QED) is 0.538. The molecule has 8 heteroatoms. The molecular formula is C22H19F2N5O. The average molecular weight is 407 g/mol. The number of piperidine rings is 1. The monoisotopic (exact) mass is 407 g/mol. The number of fused-ring (bicyclic) bond motifs is 1. The summed E-state index contributed by atoms with van der Waals surface area (Å²) in [5, 5.41) is 18.0. The fourth-order valence-electron chi connectivity index (χ4n) is 3.92. The lowest BCUT2D eigenvalue weighted by Gasteiger charge is -2.30. The van der Waals surface area contributed by atoms with E-state index in [1.165, 1.54) is 18.2 Å². The molecule has 4 aromatic rings. The van der Waals surface area contributed by atoms with E-state index in [1.54, 1.807) is 30.6 Å². The first-order valence-corrected chi connectivity index (χ1v) is 9.78.